The van der Waals surface area contributed by atoms with Gasteiger partial charge in [-0.3, -0.25) is 4.79 Å². The van der Waals surface area contributed by atoms with Gasteiger partial charge in [-0.25, -0.2) is 4.79 Å². The number of esters is 1. The standard InChI is InChI=1S/C21H28ClNO5/c1-26-18-15-16(7-9-17(18)28-14-6-13-22)8-10-19(24)23-21(20(25)27-2)11-4-3-5-12-21/h7-10,15H,3-6,11-14H2,1-2H3,(H,23,24). The summed E-state index contributed by atoms with van der Waals surface area (Å²) in [4.78, 5) is 24.7. The van der Waals surface area contributed by atoms with E-state index in [4.69, 9.17) is 25.8 Å². The normalized spacial score (nSPS) is 15.8. The molecule has 0 bridgehead atoms. The molecular formula is C21H28ClNO5. The Morgan fingerprint density at radius 1 is 1.18 bits per heavy atom. The zero-order valence-electron chi connectivity index (χ0n) is 16.5. The molecule has 7 heteroatoms. The first kappa shape index (κ1) is 22.1. The van der Waals surface area contributed by atoms with Crippen LogP contribution in [-0.2, 0) is 14.3 Å². The number of alkyl halides is 1. The minimum Gasteiger partial charge on any atom is -0.493 e. The summed E-state index contributed by atoms with van der Waals surface area (Å²) in [6.45, 7) is 0.507. The zero-order chi connectivity index (χ0) is 20.4. The fourth-order valence-corrected chi connectivity index (χ4v) is 3.43. The van der Waals surface area contributed by atoms with E-state index in [2.05, 4.69) is 5.32 Å². The first-order chi connectivity index (χ1) is 13.5. The van der Waals surface area contributed by atoms with Gasteiger partial charge in [0, 0.05) is 12.0 Å². The second-order valence-electron chi connectivity index (χ2n) is 6.76. The Bertz CT molecular complexity index is 698. The van der Waals surface area contributed by atoms with Crippen LogP contribution < -0.4 is 14.8 Å². The minimum absolute atomic E-state index is 0.325. The van der Waals surface area contributed by atoms with Crippen molar-refractivity contribution in [2.24, 2.45) is 0 Å². The SMILES string of the molecule is COC(=O)C1(NC(=O)C=Cc2ccc(OCCCCl)c(OC)c2)CCCCC1. The number of benzene rings is 1. The summed E-state index contributed by atoms with van der Waals surface area (Å²) in [5.41, 5.74) is -0.140. The number of carbonyl (C=O) groups excluding carboxylic acids is 2. The molecule has 0 saturated heterocycles. The Balaban J connectivity index is 2.05. The molecule has 0 heterocycles. The highest BCUT2D eigenvalue weighted by atomic mass is 35.5. The smallest absolute Gasteiger partial charge is 0.331 e. The first-order valence-corrected chi connectivity index (χ1v) is 10.0. The molecule has 0 atom stereocenters. The number of nitrogens with one attached hydrogen (secondary N) is 1. The van der Waals surface area contributed by atoms with Crippen molar-refractivity contribution in [1.29, 1.82) is 0 Å². The number of ether oxygens (including phenoxy) is 3. The molecule has 1 N–H and O–H groups in total. The lowest BCUT2D eigenvalue weighted by Gasteiger charge is -2.34. The number of methoxy groups -OCH3 is 2. The third kappa shape index (κ3) is 5.89. The average molecular weight is 410 g/mol. The second kappa shape index (κ2) is 11.0. The maximum Gasteiger partial charge on any atom is 0.331 e. The van der Waals surface area contributed by atoms with E-state index in [0.717, 1.165) is 31.2 Å². The molecule has 1 aliphatic rings. The largest absolute Gasteiger partial charge is 0.493 e. The molecule has 6 nitrogen and oxygen atoms in total. The fourth-order valence-electron chi connectivity index (χ4n) is 3.32. The number of hydrogen-bond acceptors (Lipinski definition) is 5. The Kier molecular flexibility index (Phi) is 8.64. The second-order valence-corrected chi connectivity index (χ2v) is 7.14. The molecule has 1 saturated carbocycles. The van der Waals surface area contributed by atoms with Crippen molar-refractivity contribution >= 4 is 29.6 Å². The van der Waals surface area contributed by atoms with E-state index in [1.165, 1.54) is 13.2 Å². The van der Waals surface area contributed by atoms with Gasteiger partial charge in [-0.15, -0.1) is 11.6 Å². The van der Waals surface area contributed by atoms with Gasteiger partial charge in [0.2, 0.25) is 5.91 Å². The van der Waals surface area contributed by atoms with Gasteiger partial charge in [0.05, 0.1) is 20.8 Å². The average Bonchev–Trinajstić information content (AvgIpc) is 2.73. The molecule has 0 unspecified atom stereocenters. The van der Waals surface area contributed by atoms with Crippen LogP contribution >= 0.6 is 11.6 Å². The van der Waals surface area contributed by atoms with Crippen molar-refractivity contribution in [1.82, 2.24) is 5.32 Å². The van der Waals surface area contributed by atoms with Crippen LogP contribution in [0.15, 0.2) is 24.3 Å². The summed E-state index contributed by atoms with van der Waals surface area (Å²) in [6.07, 6.45) is 7.88. The van der Waals surface area contributed by atoms with E-state index < -0.39 is 5.54 Å². The molecule has 28 heavy (non-hydrogen) atoms. The molecule has 1 aromatic rings. The van der Waals surface area contributed by atoms with Crippen LogP contribution in [0.5, 0.6) is 11.5 Å². The molecule has 2 rings (SSSR count). The van der Waals surface area contributed by atoms with E-state index in [9.17, 15) is 9.59 Å². The third-order valence-corrected chi connectivity index (χ3v) is 5.06. The first-order valence-electron chi connectivity index (χ1n) is 9.50. The number of amides is 1. The predicted molar refractivity (Wildman–Crippen MR) is 109 cm³/mol. The van der Waals surface area contributed by atoms with Gasteiger partial charge in [-0.05, 0) is 43.0 Å². The molecule has 1 fully saturated rings. The molecule has 0 radical (unpaired) electrons. The molecule has 1 aliphatic carbocycles. The van der Waals surface area contributed by atoms with Crippen LogP contribution in [0.2, 0.25) is 0 Å². The van der Waals surface area contributed by atoms with Crippen molar-refractivity contribution < 1.29 is 23.8 Å². The Hall–Kier alpha value is -2.21. The Morgan fingerprint density at radius 3 is 2.57 bits per heavy atom. The van der Waals surface area contributed by atoms with E-state index in [1.807, 2.05) is 6.07 Å². The quantitative estimate of drug-likeness (QED) is 0.291. The summed E-state index contributed by atoms with van der Waals surface area (Å²) in [6, 6.07) is 5.41. The fraction of sp³-hybridized carbons (Fsp3) is 0.524. The summed E-state index contributed by atoms with van der Waals surface area (Å²) in [5.74, 6) is 1.03. The van der Waals surface area contributed by atoms with E-state index >= 15 is 0 Å². The zero-order valence-corrected chi connectivity index (χ0v) is 17.2. The highest BCUT2D eigenvalue weighted by Crippen LogP contribution is 2.30. The van der Waals surface area contributed by atoms with Gasteiger partial charge in [0.1, 0.15) is 5.54 Å². The number of rotatable bonds is 9. The maximum absolute atomic E-state index is 12.4. The Labute approximate surface area is 171 Å². The monoisotopic (exact) mass is 409 g/mol. The number of halogens is 1. The molecule has 0 spiro atoms. The van der Waals surface area contributed by atoms with Crippen LogP contribution in [0.1, 0.15) is 44.1 Å². The van der Waals surface area contributed by atoms with Crippen LogP contribution in [0.4, 0.5) is 0 Å². The number of hydrogen-bond donors (Lipinski definition) is 1. The molecule has 1 amide bonds. The molecular weight excluding hydrogens is 382 g/mol. The summed E-state index contributed by atoms with van der Waals surface area (Å²) >= 11 is 5.66. The van der Waals surface area contributed by atoms with Crippen molar-refractivity contribution in [3.05, 3.63) is 29.8 Å². The lowest BCUT2D eigenvalue weighted by molar-refractivity contribution is -0.152. The molecule has 154 valence electrons. The van der Waals surface area contributed by atoms with Crippen LogP contribution in [0, 0.1) is 0 Å². The third-order valence-electron chi connectivity index (χ3n) is 4.80. The Morgan fingerprint density at radius 2 is 1.93 bits per heavy atom. The van der Waals surface area contributed by atoms with E-state index in [-0.39, 0.29) is 11.9 Å². The van der Waals surface area contributed by atoms with Gasteiger partial charge < -0.3 is 19.5 Å². The van der Waals surface area contributed by atoms with E-state index in [0.29, 0.717) is 36.8 Å². The lowest BCUT2D eigenvalue weighted by atomic mass is 9.81. The highest BCUT2D eigenvalue weighted by molar-refractivity contribution is 6.17. The lowest BCUT2D eigenvalue weighted by Crippen LogP contribution is -2.55. The molecule has 0 aliphatic heterocycles. The van der Waals surface area contributed by atoms with Crippen molar-refractivity contribution in [2.45, 2.75) is 44.1 Å². The summed E-state index contributed by atoms with van der Waals surface area (Å²) in [5, 5.41) is 2.86. The highest BCUT2D eigenvalue weighted by Gasteiger charge is 2.41. The van der Waals surface area contributed by atoms with Gasteiger partial charge in [-0.1, -0.05) is 25.3 Å². The van der Waals surface area contributed by atoms with Gasteiger partial charge in [-0.2, -0.15) is 0 Å². The molecule has 0 aromatic heterocycles. The summed E-state index contributed by atoms with van der Waals surface area (Å²) < 4.78 is 15.9. The van der Waals surface area contributed by atoms with Crippen molar-refractivity contribution in [2.75, 3.05) is 26.7 Å². The van der Waals surface area contributed by atoms with Gasteiger partial charge in [0.25, 0.3) is 0 Å². The van der Waals surface area contributed by atoms with Crippen molar-refractivity contribution in [3.8, 4) is 11.5 Å². The minimum atomic E-state index is -0.924. The maximum atomic E-state index is 12.4. The number of carbonyl (C=O) groups is 2. The summed E-state index contributed by atoms with van der Waals surface area (Å²) in [7, 11) is 2.91. The molecule has 1 aromatic carbocycles. The van der Waals surface area contributed by atoms with E-state index in [1.54, 1.807) is 25.3 Å². The van der Waals surface area contributed by atoms with Crippen LogP contribution in [0.3, 0.4) is 0 Å². The predicted octanol–water partition coefficient (Wildman–Crippen LogP) is 3.71. The van der Waals surface area contributed by atoms with Crippen molar-refractivity contribution in [3.63, 3.8) is 0 Å². The van der Waals surface area contributed by atoms with Gasteiger partial charge >= 0.3 is 5.97 Å². The van der Waals surface area contributed by atoms with Crippen LogP contribution in [-0.4, -0.2) is 44.1 Å². The van der Waals surface area contributed by atoms with Crippen LogP contribution in [0.25, 0.3) is 6.08 Å². The van der Waals surface area contributed by atoms with Gasteiger partial charge in [0.15, 0.2) is 11.5 Å². The topological polar surface area (TPSA) is 73.9 Å².